The number of aromatic nitrogens is 6. The minimum atomic E-state index is -0.278. The summed E-state index contributed by atoms with van der Waals surface area (Å²) in [5.41, 5.74) is 6.59. The number of nitrogens with zero attached hydrogens (tertiary/aromatic N) is 4. The summed E-state index contributed by atoms with van der Waals surface area (Å²) in [5.74, 6) is 1.01. The molecule has 4 aromatic heterocycles. The first kappa shape index (κ1) is 19.1. The molecule has 0 bridgehead atoms. The quantitative estimate of drug-likeness (QED) is 0.387. The van der Waals surface area contributed by atoms with Gasteiger partial charge in [0.15, 0.2) is 11.5 Å². The molecule has 6 aromatic rings. The maximum Gasteiger partial charge on any atom is 0.178 e. The highest BCUT2D eigenvalue weighted by Gasteiger charge is 2.16. The number of H-pyrrole nitrogens is 2. The molecule has 0 fully saturated rings. The molecule has 0 amide bonds. The molecule has 0 saturated carbocycles. The summed E-state index contributed by atoms with van der Waals surface area (Å²) in [6.45, 7) is 0. The van der Waals surface area contributed by atoms with E-state index in [1.807, 2.05) is 30.3 Å². The maximum atomic E-state index is 13.4. The Bertz CT molecular complexity index is 1620. The lowest BCUT2D eigenvalue weighted by Crippen LogP contribution is -1.86. The first-order chi connectivity index (χ1) is 16.2. The summed E-state index contributed by atoms with van der Waals surface area (Å²) in [6, 6.07) is 16.2. The first-order valence-electron chi connectivity index (χ1n) is 10.3. The molecule has 0 atom stereocenters. The minimum absolute atomic E-state index is 0.278. The van der Waals surface area contributed by atoms with Crippen LogP contribution in [0.3, 0.4) is 0 Å². The molecule has 0 unspecified atom stereocenters. The van der Waals surface area contributed by atoms with Gasteiger partial charge in [-0.25, -0.2) is 14.4 Å². The average Bonchev–Trinajstić information content (AvgIpc) is 3.48. The van der Waals surface area contributed by atoms with Gasteiger partial charge in [-0.05, 0) is 47.5 Å². The van der Waals surface area contributed by atoms with Crippen molar-refractivity contribution >= 4 is 22.1 Å². The number of methoxy groups -OCH3 is 1. The van der Waals surface area contributed by atoms with E-state index in [9.17, 15) is 4.39 Å². The Morgan fingerprint density at radius 2 is 1.76 bits per heavy atom. The molecular formula is C25H17FN6O. The predicted octanol–water partition coefficient (Wildman–Crippen LogP) is 5.38. The van der Waals surface area contributed by atoms with Gasteiger partial charge in [0.1, 0.15) is 17.3 Å². The number of benzene rings is 2. The van der Waals surface area contributed by atoms with Gasteiger partial charge in [-0.3, -0.25) is 10.1 Å². The third-order valence-electron chi connectivity index (χ3n) is 5.62. The zero-order chi connectivity index (χ0) is 22.4. The third-order valence-corrected chi connectivity index (χ3v) is 5.62. The molecule has 2 aromatic carbocycles. The van der Waals surface area contributed by atoms with Crippen molar-refractivity contribution in [3.05, 3.63) is 79.0 Å². The average molecular weight is 436 g/mol. The number of fused-ring (bicyclic) bond motifs is 2. The number of hydrogen-bond acceptors (Lipinski definition) is 5. The van der Waals surface area contributed by atoms with Gasteiger partial charge in [-0.2, -0.15) is 5.10 Å². The molecule has 0 aliphatic rings. The number of nitrogens with one attached hydrogen (secondary N) is 2. The smallest absolute Gasteiger partial charge is 0.178 e. The van der Waals surface area contributed by atoms with Crippen LogP contribution < -0.4 is 4.74 Å². The fraction of sp³-hybridized carbons (Fsp3) is 0.0400. The van der Waals surface area contributed by atoms with Gasteiger partial charge in [-0.15, -0.1) is 0 Å². The van der Waals surface area contributed by atoms with Crippen LogP contribution in [0.25, 0.3) is 55.8 Å². The van der Waals surface area contributed by atoms with Crippen LogP contribution >= 0.6 is 0 Å². The fourth-order valence-electron chi connectivity index (χ4n) is 3.96. The van der Waals surface area contributed by atoms with Gasteiger partial charge in [0.2, 0.25) is 0 Å². The number of imidazole rings is 1. The molecule has 6 rings (SSSR count). The van der Waals surface area contributed by atoms with Crippen molar-refractivity contribution in [2.24, 2.45) is 0 Å². The lowest BCUT2D eigenvalue weighted by atomic mass is 10.0. The molecule has 33 heavy (non-hydrogen) atoms. The molecule has 8 heteroatoms. The van der Waals surface area contributed by atoms with E-state index < -0.39 is 0 Å². The van der Waals surface area contributed by atoms with Gasteiger partial charge in [0, 0.05) is 28.9 Å². The largest absolute Gasteiger partial charge is 0.495 e. The van der Waals surface area contributed by atoms with Crippen molar-refractivity contribution < 1.29 is 9.13 Å². The molecule has 0 saturated heterocycles. The lowest BCUT2D eigenvalue weighted by molar-refractivity contribution is 0.413. The van der Waals surface area contributed by atoms with E-state index in [-0.39, 0.29) is 5.82 Å². The van der Waals surface area contributed by atoms with Crippen LogP contribution in [0.15, 0.2) is 73.2 Å². The van der Waals surface area contributed by atoms with Crippen LogP contribution in [0.1, 0.15) is 0 Å². The Hall–Kier alpha value is -4.59. The molecule has 7 nitrogen and oxygen atoms in total. The van der Waals surface area contributed by atoms with Crippen molar-refractivity contribution in [3.8, 4) is 39.5 Å². The molecule has 0 spiro atoms. The van der Waals surface area contributed by atoms with Crippen LogP contribution in [0, 0.1) is 5.82 Å². The van der Waals surface area contributed by atoms with Gasteiger partial charge in [0.25, 0.3) is 0 Å². The predicted molar refractivity (Wildman–Crippen MR) is 124 cm³/mol. The SMILES string of the molecule is COc1cncc(-c2ccc3[nH]nc(-c4nc5nccc(-c6ccc(F)cc6)c5[nH]4)c3c2)c1. The van der Waals surface area contributed by atoms with E-state index in [2.05, 4.69) is 30.1 Å². The first-order valence-corrected chi connectivity index (χ1v) is 10.3. The van der Waals surface area contributed by atoms with Crippen molar-refractivity contribution in [2.45, 2.75) is 0 Å². The second-order valence-electron chi connectivity index (χ2n) is 7.60. The second kappa shape index (κ2) is 7.52. The fourth-order valence-corrected chi connectivity index (χ4v) is 3.96. The molecule has 2 N–H and O–H groups in total. The van der Waals surface area contributed by atoms with Gasteiger partial charge in [-0.1, -0.05) is 18.2 Å². The highest BCUT2D eigenvalue weighted by molar-refractivity contribution is 5.97. The van der Waals surface area contributed by atoms with Crippen LogP contribution in [0.4, 0.5) is 4.39 Å². The van der Waals surface area contributed by atoms with Gasteiger partial charge in [0.05, 0.1) is 24.3 Å². The van der Waals surface area contributed by atoms with Crippen molar-refractivity contribution in [1.82, 2.24) is 30.1 Å². The van der Waals surface area contributed by atoms with Crippen LogP contribution in [-0.4, -0.2) is 37.2 Å². The molecule has 160 valence electrons. The van der Waals surface area contributed by atoms with E-state index in [4.69, 9.17) is 4.74 Å². The summed E-state index contributed by atoms with van der Waals surface area (Å²) in [7, 11) is 1.62. The number of pyridine rings is 2. The molecule has 4 heterocycles. The molecule has 0 radical (unpaired) electrons. The number of aromatic amines is 2. The second-order valence-corrected chi connectivity index (χ2v) is 7.60. The highest BCUT2D eigenvalue weighted by atomic mass is 19.1. The van der Waals surface area contributed by atoms with E-state index in [1.54, 1.807) is 37.8 Å². The van der Waals surface area contributed by atoms with E-state index in [0.29, 0.717) is 22.9 Å². The monoisotopic (exact) mass is 436 g/mol. The van der Waals surface area contributed by atoms with Crippen LogP contribution in [-0.2, 0) is 0 Å². The van der Waals surface area contributed by atoms with Crippen LogP contribution in [0.5, 0.6) is 5.75 Å². The summed E-state index contributed by atoms with van der Waals surface area (Å²) < 4.78 is 18.7. The van der Waals surface area contributed by atoms with Crippen LogP contribution in [0.2, 0.25) is 0 Å². The maximum absolute atomic E-state index is 13.4. The number of rotatable bonds is 4. The van der Waals surface area contributed by atoms with Crippen molar-refractivity contribution in [2.75, 3.05) is 7.11 Å². The molecule has 0 aliphatic carbocycles. The topological polar surface area (TPSA) is 92.4 Å². The lowest BCUT2D eigenvalue weighted by Gasteiger charge is -2.04. The Morgan fingerprint density at radius 1 is 0.909 bits per heavy atom. The summed E-state index contributed by atoms with van der Waals surface area (Å²) >= 11 is 0. The number of ether oxygens (including phenoxy) is 1. The number of hydrogen-bond donors (Lipinski definition) is 2. The summed E-state index contributed by atoms with van der Waals surface area (Å²) in [5, 5.41) is 8.49. The molecular weight excluding hydrogens is 419 g/mol. The Kier molecular flexibility index (Phi) is 4.36. The number of halogens is 1. The van der Waals surface area contributed by atoms with Crippen molar-refractivity contribution in [3.63, 3.8) is 0 Å². The van der Waals surface area contributed by atoms with Gasteiger partial charge < -0.3 is 9.72 Å². The third kappa shape index (κ3) is 3.28. The summed E-state index contributed by atoms with van der Waals surface area (Å²) in [4.78, 5) is 16.7. The summed E-state index contributed by atoms with van der Waals surface area (Å²) in [6.07, 6.45) is 5.16. The normalized spacial score (nSPS) is 11.3. The van der Waals surface area contributed by atoms with Crippen molar-refractivity contribution in [1.29, 1.82) is 0 Å². The van der Waals surface area contributed by atoms with E-state index >= 15 is 0 Å². The zero-order valence-corrected chi connectivity index (χ0v) is 17.5. The van der Waals surface area contributed by atoms with E-state index in [1.165, 1.54) is 12.1 Å². The Balaban J connectivity index is 1.48. The van der Waals surface area contributed by atoms with E-state index in [0.717, 1.165) is 38.7 Å². The minimum Gasteiger partial charge on any atom is -0.495 e. The zero-order valence-electron chi connectivity index (χ0n) is 17.5. The standard InChI is InChI=1S/C25H17FN6O/c1-33-18-10-16(12-27-13-18)15-4-7-21-20(11-15)23(32-31-21)25-29-22-19(8-9-28-24(22)30-25)14-2-5-17(26)6-3-14/h2-13H,1H3,(H,31,32)(H,28,29,30). The van der Waals surface area contributed by atoms with Gasteiger partial charge >= 0.3 is 0 Å². The molecule has 0 aliphatic heterocycles. The Labute approximate surface area is 187 Å². The Morgan fingerprint density at radius 3 is 2.61 bits per heavy atom. The highest BCUT2D eigenvalue weighted by Crippen LogP contribution is 2.33.